The fraction of sp³-hybridized carbons (Fsp3) is 0.708. The van der Waals surface area contributed by atoms with Crippen molar-refractivity contribution in [1.29, 1.82) is 0 Å². The number of morpholine rings is 1. The molecule has 0 radical (unpaired) electrons. The number of likely N-dealkylation sites (tertiary alicyclic amines) is 1. The van der Waals surface area contributed by atoms with Gasteiger partial charge in [0.25, 0.3) is 0 Å². The van der Waals surface area contributed by atoms with E-state index in [2.05, 4.69) is 33.7 Å². The first-order chi connectivity index (χ1) is 15.7. The van der Waals surface area contributed by atoms with E-state index in [0.717, 1.165) is 44.6 Å². The highest BCUT2D eigenvalue weighted by Crippen LogP contribution is 2.17. The number of hydrogen-bond donors (Lipinski definition) is 2. The molecule has 33 heavy (non-hydrogen) atoms. The van der Waals surface area contributed by atoms with E-state index in [1.165, 1.54) is 0 Å². The lowest BCUT2D eigenvalue weighted by Gasteiger charge is -2.34. The van der Waals surface area contributed by atoms with Gasteiger partial charge in [0.1, 0.15) is 0 Å². The molecule has 9 heteroatoms. The van der Waals surface area contributed by atoms with E-state index in [0.29, 0.717) is 38.7 Å². The third-order valence-corrected chi connectivity index (χ3v) is 7.68. The quantitative estimate of drug-likeness (QED) is 0.527. The van der Waals surface area contributed by atoms with Crippen LogP contribution >= 0.6 is 0 Å². The second kappa shape index (κ2) is 12.3. The van der Waals surface area contributed by atoms with Crippen molar-refractivity contribution >= 4 is 15.9 Å². The van der Waals surface area contributed by atoms with Gasteiger partial charge in [-0.1, -0.05) is 31.5 Å². The van der Waals surface area contributed by atoms with Gasteiger partial charge in [-0.05, 0) is 50.3 Å². The van der Waals surface area contributed by atoms with Crippen molar-refractivity contribution in [3.8, 4) is 0 Å². The maximum absolute atomic E-state index is 12.6. The van der Waals surface area contributed by atoms with Crippen LogP contribution in [0.2, 0.25) is 0 Å². The Balaban J connectivity index is 1.39. The molecule has 0 aromatic heterocycles. The number of carbonyl (C=O) groups is 1. The van der Waals surface area contributed by atoms with Gasteiger partial charge >= 0.3 is 0 Å². The zero-order valence-electron chi connectivity index (χ0n) is 20.3. The minimum atomic E-state index is -3.52. The summed E-state index contributed by atoms with van der Waals surface area (Å²) in [7, 11) is -3.52. The summed E-state index contributed by atoms with van der Waals surface area (Å²) in [6, 6.07) is 6.87. The number of carbonyl (C=O) groups excluding carboxylic acids is 1. The Hall–Kier alpha value is -1.52. The summed E-state index contributed by atoms with van der Waals surface area (Å²) in [5.41, 5.74) is 1.03. The van der Waals surface area contributed by atoms with E-state index in [9.17, 15) is 13.2 Å². The second-order valence-corrected chi connectivity index (χ2v) is 11.6. The van der Waals surface area contributed by atoms with Gasteiger partial charge in [-0.25, -0.2) is 13.1 Å². The Kier molecular flexibility index (Phi) is 9.69. The zero-order chi connectivity index (χ0) is 23.8. The Morgan fingerprint density at radius 1 is 1.12 bits per heavy atom. The third-order valence-electron chi connectivity index (χ3n) is 6.24. The van der Waals surface area contributed by atoms with Gasteiger partial charge < -0.3 is 10.1 Å². The van der Waals surface area contributed by atoms with Crippen molar-refractivity contribution in [2.24, 2.45) is 11.8 Å². The predicted molar refractivity (Wildman–Crippen MR) is 130 cm³/mol. The highest BCUT2D eigenvalue weighted by atomic mass is 32.2. The normalized spacial score (nSPS) is 23.0. The Bertz CT molecular complexity index is 860. The molecule has 0 aliphatic carbocycles. The summed E-state index contributed by atoms with van der Waals surface area (Å²) in [6.07, 6.45) is 1.95. The lowest BCUT2D eigenvalue weighted by molar-refractivity contribution is -0.123. The van der Waals surface area contributed by atoms with E-state index < -0.39 is 10.0 Å². The largest absolute Gasteiger partial charge is 0.374 e. The van der Waals surface area contributed by atoms with Crippen LogP contribution in [0.1, 0.15) is 32.3 Å². The van der Waals surface area contributed by atoms with Gasteiger partial charge in [-0.3, -0.25) is 14.6 Å². The molecule has 3 rings (SSSR count). The molecule has 0 spiro atoms. The molecule has 1 aromatic rings. The van der Waals surface area contributed by atoms with Crippen LogP contribution in [-0.2, 0) is 19.6 Å². The molecule has 186 valence electrons. The molecular weight excluding hydrogens is 440 g/mol. The van der Waals surface area contributed by atoms with Crippen LogP contribution in [0, 0.1) is 18.8 Å². The van der Waals surface area contributed by atoms with Crippen molar-refractivity contribution in [2.75, 3.05) is 59.0 Å². The van der Waals surface area contributed by atoms with Gasteiger partial charge in [0.15, 0.2) is 0 Å². The topological polar surface area (TPSA) is 91.0 Å². The first kappa shape index (κ1) is 26.1. The van der Waals surface area contributed by atoms with Crippen molar-refractivity contribution < 1.29 is 17.9 Å². The molecule has 2 aliphatic heterocycles. The Morgan fingerprint density at radius 3 is 2.61 bits per heavy atom. The number of benzene rings is 1. The zero-order valence-corrected chi connectivity index (χ0v) is 21.1. The molecule has 0 unspecified atom stereocenters. The van der Waals surface area contributed by atoms with Crippen LogP contribution in [0.15, 0.2) is 29.2 Å². The molecule has 2 atom stereocenters. The maximum Gasteiger partial charge on any atom is 0.240 e. The molecule has 2 fully saturated rings. The van der Waals surface area contributed by atoms with Gasteiger partial charge in [-0.15, -0.1) is 0 Å². The van der Waals surface area contributed by atoms with Gasteiger partial charge in [0.2, 0.25) is 15.9 Å². The smallest absolute Gasteiger partial charge is 0.240 e. The number of ether oxygens (including phenoxy) is 1. The molecule has 0 bridgehead atoms. The highest BCUT2D eigenvalue weighted by Gasteiger charge is 2.25. The van der Waals surface area contributed by atoms with Crippen LogP contribution in [0.4, 0.5) is 0 Å². The summed E-state index contributed by atoms with van der Waals surface area (Å²) in [4.78, 5) is 17.3. The lowest BCUT2D eigenvalue weighted by Crippen LogP contribution is -2.50. The molecule has 0 saturated carbocycles. The van der Waals surface area contributed by atoms with Crippen LogP contribution in [0.5, 0.6) is 0 Å². The van der Waals surface area contributed by atoms with E-state index in [-0.39, 0.29) is 22.8 Å². The number of aryl methyl sites for hydroxylation is 1. The number of rotatable bonds is 10. The fourth-order valence-corrected chi connectivity index (χ4v) is 5.68. The van der Waals surface area contributed by atoms with Crippen LogP contribution in [0.25, 0.3) is 0 Å². The van der Waals surface area contributed by atoms with Crippen molar-refractivity contribution in [2.45, 2.75) is 44.6 Å². The molecule has 2 N–H and O–H groups in total. The van der Waals surface area contributed by atoms with Gasteiger partial charge in [0, 0.05) is 39.3 Å². The third kappa shape index (κ3) is 8.64. The summed E-state index contributed by atoms with van der Waals surface area (Å²) < 4.78 is 33.7. The van der Waals surface area contributed by atoms with Crippen LogP contribution < -0.4 is 10.0 Å². The molecule has 2 saturated heterocycles. The summed E-state index contributed by atoms with van der Waals surface area (Å²) in [5.74, 6) is 0.810. The number of hydrogen-bond acceptors (Lipinski definition) is 6. The standard InChI is InChI=1S/C24H40N4O4S/c1-19(2)15-28-11-12-32-22(17-28)14-25-24(29)18-27-10-4-5-21(16-27)13-26-33(30,31)23-8-6-20(3)7-9-23/h6-9,19,21-22,26H,4-5,10-18H2,1-3H3,(H,25,29)/t21-,22-/m1/s1. The first-order valence-corrected chi connectivity index (χ1v) is 13.6. The van der Waals surface area contributed by atoms with Crippen molar-refractivity contribution in [3.05, 3.63) is 29.8 Å². The summed E-state index contributed by atoms with van der Waals surface area (Å²) in [5, 5.41) is 3.03. The van der Waals surface area contributed by atoms with Crippen LogP contribution in [-0.4, -0.2) is 89.2 Å². The minimum absolute atomic E-state index is 0.000434. The SMILES string of the molecule is Cc1ccc(S(=O)(=O)NC[C@H]2CCCN(CC(=O)NC[C@@H]3CN(CC(C)C)CCO3)C2)cc1. The average Bonchev–Trinajstić information content (AvgIpc) is 2.77. The Morgan fingerprint density at radius 2 is 1.88 bits per heavy atom. The monoisotopic (exact) mass is 480 g/mol. The van der Waals surface area contributed by atoms with E-state index in [1.807, 2.05) is 6.92 Å². The van der Waals surface area contributed by atoms with E-state index in [4.69, 9.17) is 4.74 Å². The van der Waals surface area contributed by atoms with Crippen LogP contribution in [0.3, 0.4) is 0 Å². The molecule has 8 nitrogen and oxygen atoms in total. The molecule has 1 aromatic carbocycles. The number of piperidine rings is 1. The number of nitrogens with zero attached hydrogens (tertiary/aromatic N) is 2. The molecular formula is C24H40N4O4S. The Labute approximate surface area is 199 Å². The molecule has 2 aliphatic rings. The fourth-order valence-electron chi connectivity index (χ4n) is 4.56. The first-order valence-electron chi connectivity index (χ1n) is 12.1. The molecule has 2 heterocycles. The van der Waals surface area contributed by atoms with E-state index >= 15 is 0 Å². The van der Waals surface area contributed by atoms with Gasteiger partial charge in [-0.2, -0.15) is 0 Å². The minimum Gasteiger partial charge on any atom is -0.374 e. The van der Waals surface area contributed by atoms with Crippen molar-refractivity contribution in [3.63, 3.8) is 0 Å². The molecule has 1 amide bonds. The number of nitrogens with one attached hydrogen (secondary N) is 2. The summed E-state index contributed by atoms with van der Waals surface area (Å²) >= 11 is 0. The van der Waals surface area contributed by atoms with E-state index in [1.54, 1.807) is 24.3 Å². The number of sulfonamides is 1. The summed E-state index contributed by atoms with van der Waals surface area (Å²) in [6.45, 7) is 12.7. The average molecular weight is 481 g/mol. The lowest BCUT2D eigenvalue weighted by atomic mass is 9.98. The number of amides is 1. The predicted octanol–water partition coefficient (Wildman–Crippen LogP) is 1.46. The maximum atomic E-state index is 12.6. The van der Waals surface area contributed by atoms with Crippen molar-refractivity contribution in [1.82, 2.24) is 19.8 Å². The second-order valence-electron chi connectivity index (χ2n) is 9.86. The highest BCUT2D eigenvalue weighted by molar-refractivity contribution is 7.89. The van der Waals surface area contributed by atoms with Gasteiger partial charge in [0.05, 0.1) is 24.2 Å².